The Morgan fingerprint density at radius 2 is 1.88 bits per heavy atom. The highest BCUT2D eigenvalue weighted by atomic mass is 32.2. The summed E-state index contributed by atoms with van der Waals surface area (Å²) < 4.78 is 5.18. The minimum atomic E-state index is -0.0128. The van der Waals surface area contributed by atoms with Gasteiger partial charge in [-0.2, -0.15) is 0 Å². The van der Waals surface area contributed by atoms with E-state index >= 15 is 0 Å². The number of aryl methyl sites for hydroxylation is 1. The molecular weight excluding hydrogens is 318 g/mol. The van der Waals surface area contributed by atoms with Gasteiger partial charge in [0.2, 0.25) is 5.91 Å². The molecule has 0 spiro atoms. The Bertz CT molecular complexity index is 871. The van der Waals surface area contributed by atoms with E-state index in [1.165, 1.54) is 10.8 Å². The number of methoxy groups -OCH3 is 1. The number of thioether (sulfide) groups is 1. The molecule has 0 aliphatic carbocycles. The molecule has 3 aromatic carbocycles. The molecule has 24 heavy (non-hydrogen) atoms. The van der Waals surface area contributed by atoms with Gasteiger partial charge in [0, 0.05) is 10.6 Å². The molecule has 1 amide bonds. The number of anilines is 1. The molecule has 0 unspecified atom stereocenters. The molecule has 4 heteroatoms. The molecule has 0 aliphatic heterocycles. The van der Waals surface area contributed by atoms with Crippen LogP contribution in [0.5, 0.6) is 5.75 Å². The van der Waals surface area contributed by atoms with Crippen LogP contribution in [-0.4, -0.2) is 18.8 Å². The minimum absolute atomic E-state index is 0.0128. The summed E-state index contributed by atoms with van der Waals surface area (Å²) >= 11 is 1.55. The number of amides is 1. The van der Waals surface area contributed by atoms with Crippen molar-refractivity contribution in [2.75, 3.05) is 18.2 Å². The van der Waals surface area contributed by atoms with Gasteiger partial charge in [-0.05, 0) is 47.5 Å². The van der Waals surface area contributed by atoms with Crippen LogP contribution < -0.4 is 10.1 Å². The maximum atomic E-state index is 12.3. The molecule has 0 radical (unpaired) electrons. The van der Waals surface area contributed by atoms with Crippen LogP contribution in [0.1, 0.15) is 5.56 Å². The molecule has 0 aliphatic rings. The van der Waals surface area contributed by atoms with Crippen molar-refractivity contribution in [1.29, 1.82) is 0 Å². The molecule has 0 aromatic heterocycles. The minimum Gasteiger partial charge on any atom is -0.497 e. The third-order valence-electron chi connectivity index (χ3n) is 3.82. The number of hydrogen-bond acceptors (Lipinski definition) is 3. The maximum Gasteiger partial charge on any atom is 0.234 e. The molecule has 0 saturated heterocycles. The van der Waals surface area contributed by atoms with E-state index in [2.05, 4.69) is 29.6 Å². The third-order valence-corrected chi connectivity index (χ3v) is 4.89. The summed E-state index contributed by atoms with van der Waals surface area (Å²) in [6, 6.07) is 20.0. The largest absolute Gasteiger partial charge is 0.497 e. The number of fused-ring (bicyclic) bond motifs is 1. The average Bonchev–Trinajstić information content (AvgIpc) is 2.61. The van der Waals surface area contributed by atoms with Crippen molar-refractivity contribution in [3.8, 4) is 5.75 Å². The lowest BCUT2D eigenvalue weighted by atomic mass is 10.1. The lowest BCUT2D eigenvalue weighted by Crippen LogP contribution is -2.14. The summed E-state index contributed by atoms with van der Waals surface area (Å²) in [6.45, 7) is 1.95. The van der Waals surface area contributed by atoms with E-state index in [1.54, 1.807) is 18.9 Å². The second kappa shape index (κ2) is 7.41. The van der Waals surface area contributed by atoms with Crippen LogP contribution in [0.25, 0.3) is 10.8 Å². The standard InChI is InChI=1S/C20H19NO2S/c1-14-12-16(23-2)10-11-18(14)21-20(22)13-24-19-9-5-7-15-6-3-4-8-17(15)19/h3-12H,13H2,1-2H3,(H,21,22). The Morgan fingerprint density at radius 1 is 1.08 bits per heavy atom. The van der Waals surface area contributed by atoms with Crippen LogP contribution >= 0.6 is 11.8 Å². The van der Waals surface area contributed by atoms with Crippen LogP contribution in [0.15, 0.2) is 65.6 Å². The number of carbonyl (C=O) groups is 1. The van der Waals surface area contributed by atoms with Crippen molar-refractivity contribution in [3.63, 3.8) is 0 Å². The van der Waals surface area contributed by atoms with E-state index in [4.69, 9.17) is 4.74 Å². The van der Waals surface area contributed by atoms with E-state index < -0.39 is 0 Å². The zero-order valence-electron chi connectivity index (χ0n) is 13.7. The van der Waals surface area contributed by atoms with Gasteiger partial charge >= 0.3 is 0 Å². The number of nitrogens with one attached hydrogen (secondary N) is 1. The summed E-state index contributed by atoms with van der Waals surface area (Å²) in [5, 5.41) is 5.33. The van der Waals surface area contributed by atoms with Gasteiger partial charge in [0.25, 0.3) is 0 Å². The second-order valence-corrected chi connectivity index (χ2v) is 6.51. The van der Waals surface area contributed by atoms with Crippen molar-refractivity contribution in [2.45, 2.75) is 11.8 Å². The Labute approximate surface area is 146 Å². The number of hydrogen-bond donors (Lipinski definition) is 1. The van der Waals surface area contributed by atoms with Crippen LogP contribution in [0.3, 0.4) is 0 Å². The summed E-state index contributed by atoms with van der Waals surface area (Å²) in [4.78, 5) is 13.4. The first kappa shape index (κ1) is 16.4. The molecule has 0 saturated carbocycles. The predicted octanol–water partition coefficient (Wildman–Crippen LogP) is 4.89. The Kier molecular flexibility index (Phi) is 5.06. The Hall–Kier alpha value is -2.46. The molecule has 0 bridgehead atoms. The van der Waals surface area contributed by atoms with E-state index in [9.17, 15) is 4.79 Å². The molecular formula is C20H19NO2S. The molecule has 0 fully saturated rings. The number of rotatable bonds is 5. The van der Waals surface area contributed by atoms with Gasteiger partial charge in [-0.25, -0.2) is 0 Å². The molecule has 3 rings (SSSR count). The van der Waals surface area contributed by atoms with Crippen LogP contribution in [-0.2, 0) is 4.79 Å². The highest BCUT2D eigenvalue weighted by Crippen LogP contribution is 2.28. The summed E-state index contributed by atoms with van der Waals surface area (Å²) in [5.41, 5.74) is 1.80. The van der Waals surface area contributed by atoms with Crippen LogP contribution in [0.2, 0.25) is 0 Å². The molecule has 0 atom stereocenters. The van der Waals surface area contributed by atoms with Crippen molar-refractivity contribution < 1.29 is 9.53 Å². The van der Waals surface area contributed by atoms with E-state index in [0.29, 0.717) is 5.75 Å². The highest BCUT2D eigenvalue weighted by molar-refractivity contribution is 8.00. The lowest BCUT2D eigenvalue weighted by Gasteiger charge is -2.10. The van der Waals surface area contributed by atoms with Gasteiger partial charge in [-0.3, -0.25) is 4.79 Å². The fraction of sp³-hybridized carbons (Fsp3) is 0.150. The maximum absolute atomic E-state index is 12.3. The highest BCUT2D eigenvalue weighted by Gasteiger charge is 2.08. The third kappa shape index (κ3) is 3.71. The monoisotopic (exact) mass is 337 g/mol. The zero-order chi connectivity index (χ0) is 16.9. The van der Waals surface area contributed by atoms with Gasteiger partial charge in [0.05, 0.1) is 12.9 Å². The topological polar surface area (TPSA) is 38.3 Å². The number of benzene rings is 3. The van der Waals surface area contributed by atoms with E-state index in [-0.39, 0.29) is 5.91 Å². The SMILES string of the molecule is COc1ccc(NC(=O)CSc2cccc3ccccc23)c(C)c1. The summed E-state index contributed by atoms with van der Waals surface area (Å²) in [6.07, 6.45) is 0. The second-order valence-electron chi connectivity index (χ2n) is 5.49. The van der Waals surface area contributed by atoms with Crippen molar-refractivity contribution in [3.05, 3.63) is 66.2 Å². The molecule has 3 aromatic rings. The average molecular weight is 337 g/mol. The quantitative estimate of drug-likeness (QED) is 0.674. The van der Waals surface area contributed by atoms with Crippen molar-refractivity contribution in [2.24, 2.45) is 0 Å². The van der Waals surface area contributed by atoms with Crippen molar-refractivity contribution in [1.82, 2.24) is 0 Å². The molecule has 1 N–H and O–H groups in total. The number of carbonyl (C=O) groups excluding carboxylic acids is 1. The van der Waals surface area contributed by atoms with E-state index in [1.807, 2.05) is 43.3 Å². The smallest absolute Gasteiger partial charge is 0.234 e. The number of ether oxygens (including phenoxy) is 1. The van der Waals surface area contributed by atoms with Gasteiger partial charge < -0.3 is 10.1 Å². The fourth-order valence-electron chi connectivity index (χ4n) is 2.55. The molecule has 122 valence electrons. The zero-order valence-corrected chi connectivity index (χ0v) is 14.5. The van der Waals surface area contributed by atoms with Gasteiger partial charge in [0.1, 0.15) is 5.75 Å². The van der Waals surface area contributed by atoms with Crippen LogP contribution in [0, 0.1) is 6.92 Å². The first-order valence-electron chi connectivity index (χ1n) is 7.72. The first-order valence-corrected chi connectivity index (χ1v) is 8.71. The van der Waals surface area contributed by atoms with Gasteiger partial charge in [-0.15, -0.1) is 11.8 Å². The molecule has 0 heterocycles. The predicted molar refractivity (Wildman–Crippen MR) is 101 cm³/mol. The normalized spacial score (nSPS) is 10.6. The summed E-state index contributed by atoms with van der Waals surface area (Å²) in [5.74, 6) is 1.15. The van der Waals surface area contributed by atoms with Gasteiger partial charge in [-0.1, -0.05) is 36.4 Å². The van der Waals surface area contributed by atoms with E-state index in [0.717, 1.165) is 21.9 Å². The Morgan fingerprint density at radius 3 is 2.67 bits per heavy atom. The molecule has 3 nitrogen and oxygen atoms in total. The Balaban J connectivity index is 1.67. The van der Waals surface area contributed by atoms with Crippen LogP contribution in [0.4, 0.5) is 5.69 Å². The van der Waals surface area contributed by atoms with Crippen molar-refractivity contribution >= 4 is 34.1 Å². The lowest BCUT2D eigenvalue weighted by molar-refractivity contribution is -0.113. The summed E-state index contributed by atoms with van der Waals surface area (Å²) in [7, 11) is 1.63. The van der Waals surface area contributed by atoms with Gasteiger partial charge in [0.15, 0.2) is 0 Å². The fourth-order valence-corrected chi connectivity index (χ4v) is 3.43. The first-order chi connectivity index (χ1) is 11.7.